The predicted octanol–water partition coefficient (Wildman–Crippen LogP) is 2.28. The molecule has 0 atom stereocenters. The molecule has 1 aromatic rings. The lowest BCUT2D eigenvalue weighted by Gasteiger charge is -2.47. The van der Waals surface area contributed by atoms with Gasteiger partial charge in [-0.2, -0.15) is 0 Å². The molecule has 2 heteroatoms. The molecule has 2 heterocycles. The monoisotopic (exact) mass is 231 g/mol. The third kappa shape index (κ3) is 1.71. The summed E-state index contributed by atoms with van der Waals surface area (Å²) in [4.78, 5) is 0. The Hall–Kier alpha value is -0.860. The second-order valence-corrected chi connectivity index (χ2v) is 6.21. The standard InChI is InChI=1S/C15H23N2/c1-17(2)12-9-15(7-10-16-11-8-15)13-5-3-4-6-14(13)17/h3-6,16H,7-12H2,1-2H3/q+1. The summed E-state index contributed by atoms with van der Waals surface area (Å²) in [5, 5.41) is 3.50. The summed E-state index contributed by atoms with van der Waals surface area (Å²) in [5.41, 5.74) is 3.63. The Morgan fingerprint density at radius 3 is 2.53 bits per heavy atom. The van der Waals surface area contributed by atoms with E-state index in [1.807, 2.05) is 0 Å². The van der Waals surface area contributed by atoms with Gasteiger partial charge in [-0.05, 0) is 32.0 Å². The van der Waals surface area contributed by atoms with Crippen molar-refractivity contribution < 1.29 is 0 Å². The Morgan fingerprint density at radius 1 is 1.06 bits per heavy atom. The SMILES string of the molecule is C[N+]1(C)CCC2(CCNCC2)c2ccccc21. The van der Waals surface area contributed by atoms with E-state index in [-0.39, 0.29) is 0 Å². The van der Waals surface area contributed by atoms with Gasteiger partial charge in [0.1, 0.15) is 5.69 Å². The first-order valence-corrected chi connectivity index (χ1v) is 6.78. The van der Waals surface area contributed by atoms with Crippen LogP contribution < -0.4 is 9.80 Å². The van der Waals surface area contributed by atoms with Crippen LogP contribution in [-0.4, -0.2) is 33.7 Å². The molecular formula is C15H23N2+. The minimum Gasteiger partial charge on any atom is -0.317 e. The lowest BCUT2D eigenvalue weighted by atomic mass is 9.68. The minimum absolute atomic E-state index is 0.468. The van der Waals surface area contributed by atoms with Gasteiger partial charge in [0, 0.05) is 17.4 Å². The highest BCUT2D eigenvalue weighted by Gasteiger charge is 2.44. The molecular weight excluding hydrogens is 208 g/mol. The summed E-state index contributed by atoms with van der Waals surface area (Å²) in [6, 6.07) is 9.12. The Bertz CT molecular complexity index is 417. The molecule has 2 aliphatic rings. The van der Waals surface area contributed by atoms with Gasteiger partial charge < -0.3 is 5.32 Å². The van der Waals surface area contributed by atoms with Gasteiger partial charge in [-0.3, -0.25) is 4.48 Å². The van der Waals surface area contributed by atoms with Crippen LogP contribution in [-0.2, 0) is 5.41 Å². The third-order valence-electron chi connectivity index (χ3n) is 4.84. The van der Waals surface area contributed by atoms with Gasteiger partial charge in [-0.25, -0.2) is 0 Å². The summed E-state index contributed by atoms with van der Waals surface area (Å²) >= 11 is 0. The topological polar surface area (TPSA) is 12.0 Å². The summed E-state index contributed by atoms with van der Waals surface area (Å²) < 4.78 is 1.05. The van der Waals surface area contributed by atoms with Crippen molar-refractivity contribution in [2.75, 3.05) is 33.7 Å². The van der Waals surface area contributed by atoms with Crippen molar-refractivity contribution in [1.29, 1.82) is 0 Å². The van der Waals surface area contributed by atoms with Crippen molar-refractivity contribution in [1.82, 2.24) is 9.80 Å². The molecule has 1 N–H and O–H groups in total. The van der Waals surface area contributed by atoms with E-state index in [0.29, 0.717) is 5.41 Å². The van der Waals surface area contributed by atoms with Crippen molar-refractivity contribution in [3.05, 3.63) is 29.8 Å². The number of quaternary nitrogens is 1. The average molecular weight is 231 g/mol. The quantitative estimate of drug-likeness (QED) is 0.676. The molecule has 3 rings (SSSR count). The zero-order valence-corrected chi connectivity index (χ0v) is 11.0. The first-order valence-electron chi connectivity index (χ1n) is 6.78. The van der Waals surface area contributed by atoms with Crippen LogP contribution in [0.3, 0.4) is 0 Å². The number of nitrogens with one attached hydrogen (secondary N) is 1. The number of nitrogens with zero attached hydrogens (tertiary/aromatic N) is 1. The van der Waals surface area contributed by atoms with Crippen LogP contribution in [0.4, 0.5) is 5.69 Å². The first kappa shape index (κ1) is 11.2. The average Bonchev–Trinajstić information content (AvgIpc) is 2.37. The van der Waals surface area contributed by atoms with Gasteiger partial charge >= 0.3 is 0 Å². The highest BCUT2D eigenvalue weighted by molar-refractivity contribution is 5.55. The maximum absolute atomic E-state index is 3.50. The Labute approximate surface area is 104 Å². The van der Waals surface area contributed by atoms with Gasteiger partial charge in [-0.1, -0.05) is 18.2 Å². The number of fused-ring (bicyclic) bond motifs is 2. The van der Waals surface area contributed by atoms with Gasteiger partial charge in [0.05, 0.1) is 20.6 Å². The van der Waals surface area contributed by atoms with E-state index in [4.69, 9.17) is 0 Å². The molecule has 0 bridgehead atoms. The number of para-hydroxylation sites is 1. The molecule has 0 unspecified atom stereocenters. The molecule has 0 aromatic heterocycles. The molecule has 1 aromatic carbocycles. The highest BCUT2D eigenvalue weighted by Crippen LogP contribution is 2.46. The Morgan fingerprint density at radius 2 is 1.76 bits per heavy atom. The second kappa shape index (κ2) is 3.82. The van der Waals surface area contributed by atoms with E-state index < -0.39 is 0 Å². The smallest absolute Gasteiger partial charge is 0.136 e. The molecule has 0 aliphatic carbocycles. The molecule has 2 nitrogen and oxygen atoms in total. The van der Waals surface area contributed by atoms with Crippen LogP contribution in [0.5, 0.6) is 0 Å². The first-order chi connectivity index (χ1) is 8.14. The molecule has 1 fully saturated rings. The van der Waals surface area contributed by atoms with Crippen LogP contribution in [0.15, 0.2) is 24.3 Å². The Balaban J connectivity index is 2.10. The van der Waals surface area contributed by atoms with E-state index in [1.54, 1.807) is 11.3 Å². The van der Waals surface area contributed by atoms with Crippen LogP contribution in [0.25, 0.3) is 0 Å². The Kier molecular flexibility index (Phi) is 2.53. The summed E-state index contributed by atoms with van der Waals surface area (Å²) in [6.07, 6.45) is 3.97. The van der Waals surface area contributed by atoms with Crippen molar-refractivity contribution in [3.63, 3.8) is 0 Å². The van der Waals surface area contributed by atoms with Gasteiger partial charge in [-0.15, -0.1) is 0 Å². The number of rotatable bonds is 0. The molecule has 1 spiro atoms. The third-order valence-corrected chi connectivity index (χ3v) is 4.84. The number of benzene rings is 1. The van der Waals surface area contributed by atoms with Crippen LogP contribution in [0.2, 0.25) is 0 Å². The predicted molar refractivity (Wildman–Crippen MR) is 73.3 cm³/mol. The summed E-state index contributed by atoms with van der Waals surface area (Å²) in [6.45, 7) is 3.64. The zero-order chi connectivity index (χ0) is 11.9. The van der Waals surface area contributed by atoms with Gasteiger partial charge in [0.25, 0.3) is 0 Å². The van der Waals surface area contributed by atoms with Crippen molar-refractivity contribution >= 4 is 5.69 Å². The molecule has 17 heavy (non-hydrogen) atoms. The van der Waals surface area contributed by atoms with E-state index in [2.05, 4.69) is 43.7 Å². The van der Waals surface area contributed by atoms with E-state index in [0.717, 1.165) is 4.48 Å². The lowest BCUT2D eigenvalue weighted by Crippen LogP contribution is -2.52. The van der Waals surface area contributed by atoms with Crippen LogP contribution >= 0.6 is 0 Å². The normalized spacial score (nSPS) is 25.5. The van der Waals surface area contributed by atoms with E-state index in [9.17, 15) is 0 Å². The van der Waals surface area contributed by atoms with Crippen molar-refractivity contribution in [2.24, 2.45) is 0 Å². The molecule has 0 saturated carbocycles. The summed E-state index contributed by atoms with van der Waals surface area (Å²) in [7, 11) is 4.68. The summed E-state index contributed by atoms with van der Waals surface area (Å²) in [5.74, 6) is 0. The fourth-order valence-corrected chi connectivity index (χ4v) is 3.62. The highest BCUT2D eigenvalue weighted by atomic mass is 15.3. The molecule has 0 amide bonds. The molecule has 1 saturated heterocycles. The fourth-order valence-electron chi connectivity index (χ4n) is 3.62. The largest absolute Gasteiger partial charge is 0.317 e. The second-order valence-electron chi connectivity index (χ2n) is 6.21. The van der Waals surface area contributed by atoms with Gasteiger partial charge in [0.15, 0.2) is 0 Å². The maximum atomic E-state index is 3.50. The zero-order valence-electron chi connectivity index (χ0n) is 11.0. The fraction of sp³-hybridized carbons (Fsp3) is 0.600. The minimum atomic E-state index is 0.468. The van der Waals surface area contributed by atoms with Crippen LogP contribution in [0.1, 0.15) is 24.8 Å². The number of piperidine rings is 1. The van der Waals surface area contributed by atoms with E-state index in [1.165, 1.54) is 38.9 Å². The van der Waals surface area contributed by atoms with Crippen LogP contribution in [0, 0.1) is 0 Å². The molecule has 0 radical (unpaired) electrons. The molecule has 92 valence electrons. The van der Waals surface area contributed by atoms with Gasteiger partial charge in [0.2, 0.25) is 0 Å². The lowest BCUT2D eigenvalue weighted by molar-refractivity contribution is 0.223. The van der Waals surface area contributed by atoms with Crippen molar-refractivity contribution in [3.8, 4) is 0 Å². The van der Waals surface area contributed by atoms with Crippen molar-refractivity contribution in [2.45, 2.75) is 24.7 Å². The van der Waals surface area contributed by atoms with E-state index >= 15 is 0 Å². The number of hydrogen-bond donors (Lipinski definition) is 1. The number of hydrogen-bond acceptors (Lipinski definition) is 1. The molecule has 2 aliphatic heterocycles. The maximum Gasteiger partial charge on any atom is 0.136 e.